The normalized spacial score (nSPS) is 10.3. The van der Waals surface area contributed by atoms with Gasteiger partial charge in [-0.05, 0) is 36.4 Å². The van der Waals surface area contributed by atoms with E-state index in [9.17, 15) is 5.26 Å². The minimum absolute atomic E-state index is 0.383. The predicted octanol–water partition coefficient (Wildman–Crippen LogP) is 4.71. The third-order valence-electron chi connectivity index (χ3n) is 3.26. The van der Waals surface area contributed by atoms with Crippen LogP contribution in [0.4, 0.5) is 0 Å². The van der Waals surface area contributed by atoms with Crippen LogP contribution in [0.3, 0.4) is 0 Å². The summed E-state index contributed by atoms with van der Waals surface area (Å²) in [6, 6.07) is 17.0. The first-order chi connectivity index (χ1) is 10.2. The van der Waals surface area contributed by atoms with Gasteiger partial charge in [-0.2, -0.15) is 5.26 Å². The van der Waals surface area contributed by atoms with Gasteiger partial charge in [-0.15, -0.1) is 0 Å². The summed E-state index contributed by atoms with van der Waals surface area (Å²) in [5.74, 6) is 1.24. The number of nitriles is 1. The molecule has 0 atom stereocenters. The molecule has 0 aliphatic heterocycles. The van der Waals surface area contributed by atoms with Crippen molar-refractivity contribution in [3.05, 3.63) is 58.6 Å². The number of ether oxygens (including phenoxy) is 1. The van der Waals surface area contributed by atoms with E-state index in [-0.39, 0.29) is 0 Å². The summed E-state index contributed by atoms with van der Waals surface area (Å²) in [5.41, 5.74) is 1.85. The van der Waals surface area contributed by atoms with Crippen LogP contribution in [-0.2, 0) is 0 Å². The minimum Gasteiger partial charge on any atom is -0.497 e. The first kappa shape index (κ1) is 13.3. The molecule has 0 aliphatic rings. The number of hydrogen-bond acceptors (Lipinski definition) is 4. The van der Waals surface area contributed by atoms with Gasteiger partial charge >= 0.3 is 0 Å². The van der Waals surface area contributed by atoms with Crippen molar-refractivity contribution >= 4 is 23.2 Å². The molecule has 2 aromatic carbocycles. The largest absolute Gasteiger partial charge is 0.497 e. The molecule has 3 rings (SSSR count). The van der Waals surface area contributed by atoms with Crippen molar-refractivity contribution in [2.24, 2.45) is 0 Å². The minimum atomic E-state index is 0.383. The van der Waals surface area contributed by atoms with E-state index in [2.05, 4.69) is 6.07 Å². The van der Waals surface area contributed by atoms with Crippen LogP contribution >= 0.6 is 12.2 Å². The van der Waals surface area contributed by atoms with Gasteiger partial charge in [-0.1, -0.05) is 24.4 Å². The number of methoxy groups -OCH3 is 1. The van der Waals surface area contributed by atoms with Gasteiger partial charge in [0.15, 0.2) is 5.76 Å². The third kappa shape index (κ3) is 2.28. The van der Waals surface area contributed by atoms with Crippen molar-refractivity contribution in [2.75, 3.05) is 7.11 Å². The average Bonchev–Trinajstić information content (AvgIpc) is 2.55. The van der Waals surface area contributed by atoms with Crippen LogP contribution in [0.15, 0.2) is 52.9 Å². The van der Waals surface area contributed by atoms with Crippen molar-refractivity contribution in [2.45, 2.75) is 0 Å². The van der Waals surface area contributed by atoms with Crippen molar-refractivity contribution < 1.29 is 9.15 Å². The van der Waals surface area contributed by atoms with E-state index in [1.807, 2.05) is 48.5 Å². The Morgan fingerprint density at radius 3 is 2.48 bits per heavy atom. The monoisotopic (exact) mass is 293 g/mol. The summed E-state index contributed by atoms with van der Waals surface area (Å²) < 4.78 is 11.6. The molecule has 0 unspecified atom stereocenters. The van der Waals surface area contributed by atoms with Gasteiger partial charge in [0.2, 0.25) is 0 Å². The van der Waals surface area contributed by atoms with Crippen LogP contribution in [0, 0.1) is 15.8 Å². The van der Waals surface area contributed by atoms with Gasteiger partial charge in [0, 0.05) is 10.9 Å². The van der Waals surface area contributed by atoms with E-state index in [1.54, 1.807) is 7.11 Å². The number of hydrogen-bond donors (Lipinski definition) is 0. The Morgan fingerprint density at radius 1 is 1.10 bits per heavy atom. The second-order valence-electron chi connectivity index (χ2n) is 4.47. The zero-order valence-corrected chi connectivity index (χ0v) is 12.1. The molecule has 0 radical (unpaired) electrons. The number of benzene rings is 2. The molecule has 0 aliphatic carbocycles. The van der Waals surface area contributed by atoms with Crippen LogP contribution < -0.4 is 4.74 Å². The second kappa shape index (κ2) is 5.39. The summed E-state index contributed by atoms with van der Waals surface area (Å²) in [7, 11) is 1.61. The number of rotatable bonds is 2. The first-order valence-corrected chi connectivity index (χ1v) is 6.76. The molecule has 0 N–H and O–H groups in total. The maximum Gasteiger partial charge on any atom is 0.153 e. The van der Waals surface area contributed by atoms with E-state index in [1.165, 1.54) is 0 Å². The fourth-order valence-corrected chi connectivity index (χ4v) is 2.50. The van der Waals surface area contributed by atoms with E-state index >= 15 is 0 Å². The van der Waals surface area contributed by atoms with Gasteiger partial charge in [-0.25, -0.2) is 0 Å². The molecule has 0 spiro atoms. The summed E-state index contributed by atoms with van der Waals surface area (Å²) in [5, 5.41) is 10.2. The van der Waals surface area contributed by atoms with Crippen molar-refractivity contribution in [1.82, 2.24) is 0 Å². The van der Waals surface area contributed by atoms with Crippen LogP contribution in [0.25, 0.3) is 22.3 Å². The Balaban J connectivity index is 2.31. The molecule has 3 aromatic rings. The molecule has 0 amide bonds. The molecule has 0 saturated heterocycles. The van der Waals surface area contributed by atoms with E-state index < -0.39 is 0 Å². The molecule has 4 heteroatoms. The van der Waals surface area contributed by atoms with Gasteiger partial charge in [-0.3, -0.25) is 0 Å². The quantitative estimate of drug-likeness (QED) is 0.642. The average molecular weight is 293 g/mol. The predicted molar refractivity (Wildman–Crippen MR) is 83.8 cm³/mol. The Morgan fingerprint density at radius 2 is 1.81 bits per heavy atom. The Kier molecular flexibility index (Phi) is 3.43. The number of nitrogens with zero attached hydrogens (tertiary/aromatic N) is 1. The maximum absolute atomic E-state index is 9.42. The summed E-state index contributed by atoms with van der Waals surface area (Å²) in [6.07, 6.45) is 0. The first-order valence-electron chi connectivity index (χ1n) is 6.35. The van der Waals surface area contributed by atoms with Gasteiger partial charge in [0.1, 0.15) is 23.0 Å². The highest BCUT2D eigenvalue weighted by atomic mass is 32.1. The highest BCUT2D eigenvalue weighted by Crippen LogP contribution is 2.31. The number of para-hydroxylation sites is 1. The molecule has 3 nitrogen and oxygen atoms in total. The van der Waals surface area contributed by atoms with Crippen molar-refractivity contribution in [3.8, 4) is 23.1 Å². The van der Waals surface area contributed by atoms with Crippen LogP contribution in [0.2, 0.25) is 0 Å². The number of fused-ring (bicyclic) bond motifs is 1. The molecule has 0 bridgehead atoms. The van der Waals surface area contributed by atoms with E-state index in [0.717, 1.165) is 16.7 Å². The van der Waals surface area contributed by atoms with Crippen LogP contribution in [0.1, 0.15) is 5.56 Å². The SMILES string of the molecule is COc1ccc(-c2oc3ccccc3c(=S)c2C#N)cc1. The van der Waals surface area contributed by atoms with Crippen molar-refractivity contribution in [3.63, 3.8) is 0 Å². The molecule has 1 aromatic heterocycles. The van der Waals surface area contributed by atoms with E-state index in [4.69, 9.17) is 21.4 Å². The fraction of sp³-hybridized carbons (Fsp3) is 0.0588. The van der Waals surface area contributed by atoms with Crippen LogP contribution in [-0.4, -0.2) is 7.11 Å². The van der Waals surface area contributed by atoms with Gasteiger partial charge in [0.25, 0.3) is 0 Å². The highest BCUT2D eigenvalue weighted by molar-refractivity contribution is 7.71. The molecular weight excluding hydrogens is 282 g/mol. The highest BCUT2D eigenvalue weighted by Gasteiger charge is 2.13. The summed E-state index contributed by atoms with van der Waals surface area (Å²) in [4.78, 5) is 0. The third-order valence-corrected chi connectivity index (χ3v) is 3.69. The summed E-state index contributed by atoms with van der Waals surface area (Å²) >= 11 is 5.42. The lowest BCUT2D eigenvalue weighted by molar-refractivity contribution is 0.415. The zero-order valence-electron chi connectivity index (χ0n) is 11.3. The molecule has 0 fully saturated rings. The van der Waals surface area contributed by atoms with Crippen molar-refractivity contribution in [1.29, 1.82) is 5.26 Å². The molecular formula is C17H11NO2S. The fourth-order valence-electron chi connectivity index (χ4n) is 2.19. The van der Waals surface area contributed by atoms with Crippen LogP contribution in [0.5, 0.6) is 5.75 Å². The Bertz CT molecular complexity index is 905. The maximum atomic E-state index is 9.42. The smallest absolute Gasteiger partial charge is 0.153 e. The standard InChI is InChI=1S/C17H11NO2S/c1-19-12-8-6-11(7-9-12)16-14(10-18)17(21)13-4-2-3-5-15(13)20-16/h2-9H,1H3. The van der Waals surface area contributed by atoms with Gasteiger partial charge < -0.3 is 9.15 Å². The molecule has 21 heavy (non-hydrogen) atoms. The topological polar surface area (TPSA) is 46.2 Å². The Hall–Kier alpha value is -2.64. The van der Waals surface area contributed by atoms with Gasteiger partial charge in [0.05, 0.1) is 11.6 Å². The van der Waals surface area contributed by atoms with E-state index in [0.29, 0.717) is 21.4 Å². The molecule has 1 heterocycles. The molecule has 102 valence electrons. The second-order valence-corrected chi connectivity index (χ2v) is 4.88. The zero-order chi connectivity index (χ0) is 14.8. The summed E-state index contributed by atoms with van der Waals surface area (Å²) in [6.45, 7) is 0. The Labute approximate surface area is 127 Å². The lowest BCUT2D eigenvalue weighted by Gasteiger charge is -2.07. The lowest BCUT2D eigenvalue weighted by Crippen LogP contribution is -1.89. The lowest BCUT2D eigenvalue weighted by atomic mass is 10.1. The molecule has 0 saturated carbocycles.